The van der Waals surface area contributed by atoms with E-state index in [2.05, 4.69) is 10.2 Å². The number of benzene rings is 2. The number of carbonyl (C=O) groups excluding carboxylic acids is 1. The normalized spacial score (nSPS) is 17.0. The molecule has 0 saturated carbocycles. The van der Waals surface area contributed by atoms with E-state index in [1.165, 1.54) is 4.68 Å². The number of hydrogen-bond acceptors (Lipinski definition) is 5. The Morgan fingerprint density at radius 2 is 1.81 bits per heavy atom. The lowest BCUT2D eigenvalue weighted by Crippen LogP contribution is -2.46. The molecule has 0 fully saturated rings. The van der Waals surface area contributed by atoms with Gasteiger partial charge in [0.25, 0.3) is 5.91 Å². The average Bonchev–Trinajstić information content (AvgIpc) is 3.17. The summed E-state index contributed by atoms with van der Waals surface area (Å²) in [6.07, 6.45) is 2.84. The molecule has 0 radical (unpaired) electrons. The van der Waals surface area contributed by atoms with E-state index in [0.717, 1.165) is 28.2 Å². The SMILES string of the molecule is C[C@@H](c1ccccc1)N1C[C@@H](c2cccc3c2cnn3C)n2ncc(=O)c(O)c2C1=O. The Hall–Kier alpha value is -3.94. The van der Waals surface area contributed by atoms with Gasteiger partial charge in [0, 0.05) is 19.0 Å². The molecule has 2 atom stereocenters. The number of aryl methyl sites for hydroxylation is 1. The van der Waals surface area contributed by atoms with Gasteiger partial charge in [0.2, 0.25) is 5.43 Å². The van der Waals surface area contributed by atoms with Crippen LogP contribution < -0.4 is 5.43 Å². The molecule has 2 aromatic carbocycles. The van der Waals surface area contributed by atoms with Crippen LogP contribution in [-0.4, -0.2) is 42.0 Å². The van der Waals surface area contributed by atoms with Crippen LogP contribution in [0.3, 0.4) is 0 Å². The molecule has 0 bridgehead atoms. The fourth-order valence-corrected chi connectivity index (χ4v) is 4.34. The molecule has 31 heavy (non-hydrogen) atoms. The van der Waals surface area contributed by atoms with Gasteiger partial charge in [-0.2, -0.15) is 10.2 Å². The van der Waals surface area contributed by atoms with E-state index in [1.54, 1.807) is 15.8 Å². The zero-order chi connectivity index (χ0) is 21.7. The van der Waals surface area contributed by atoms with Crippen LogP contribution in [0.15, 0.2) is 65.7 Å². The van der Waals surface area contributed by atoms with Crippen LogP contribution in [0.4, 0.5) is 0 Å². The Kier molecular flexibility index (Phi) is 4.35. The van der Waals surface area contributed by atoms with Gasteiger partial charge < -0.3 is 10.0 Å². The number of fused-ring (bicyclic) bond motifs is 2. The Labute approximate surface area is 178 Å². The summed E-state index contributed by atoms with van der Waals surface area (Å²) in [5, 5.41) is 20.1. The molecule has 1 aliphatic rings. The third-order valence-electron chi connectivity index (χ3n) is 6.05. The summed E-state index contributed by atoms with van der Waals surface area (Å²) in [5.41, 5.74) is 2.07. The summed E-state index contributed by atoms with van der Waals surface area (Å²) >= 11 is 0. The highest BCUT2D eigenvalue weighted by molar-refractivity contribution is 5.96. The van der Waals surface area contributed by atoms with Crippen molar-refractivity contribution >= 4 is 16.8 Å². The zero-order valence-electron chi connectivity index (χ0n) is 17.1. The summed E-state index contributed by atoms with van der Waals surface area (Å²) in [4.78, 5) is 27.2. The first-order valence-electron chi connectivity index (χ1n) is 10.0. The number of nitrogens with zero attached hydrogens (tertiary/aromatic N) is 5. The molecule has 5 rings (SSSR count). The van der Waals surface area contributed by atoms with Crippen molar-refractivity contribution in [3.63, 3.8) is 0 Å². The largest absolute Gasteiger partial charge is 0.502 e. The number of aromatic hydroxyl groups is 1. The van der Waals surface area contributed by atoms with E-state index in [-0.39, 0.29) is 11.7 Å². The van der Waals surface area contributed by atoms with Crippen LogP contribution in [0.25, 0.3) is 10.9 Å². The average molecular weight is 415 g/mol. The van der Waals surface area contributed by atoms with Crippen LogP contribution in [-0.2, 0) is 7.05 Å². The highest BCUT2D eigenvalue weighted by Gasteiger charge is 2.38. The Bertz CT molecular complexity index is 1360. The minimum absolute atomic E-state index is 0.0903. The monoisotopic (exact) mass is 415 g/mol. The maximum absolute atomic E-state index is 13.4. The molecule has 4 aromatic rings. The van der Waals surface area contributed by atoms with Gasteiger partial charge in [0.15, 0.2) is 11.4 Å². The molecular weight excluding hydrogens is 394 g/mol. The van der Waals surface area contributed by atoms with Crippen molar-refractivity contribution in [3.05, 3.63) is 88.0 Å². The van der Waals surface area contributed by atoms with E-state index >= 15 is 0 Å². The summed E-state index contributed by atoms with van der Waals surface area (Å²) < 4.78 is 3.25. The van der Waals surface area contributed by atoms with Crippen LogP contribution in [0.2, 0.25) is 0 Å². The molecule has 0 aliphatic carbocycles. The van der Waals surface area contributed by atoms with E-state index in [9.17, 15) is 14.7 Å². The smallest absolute Gasteiger partial charge is 0.276 e. The molecule has 8 heteroatoms. The van der Waals surface area contributed by atoms with Crippen molar-refractivity contribution in [1.29, 1.82) is 0 Å². The standard InChI is InChI=1S/C23H21N5O3/c1-14(15-7-4-3-5-8-15)27-13-19(16-9-6-10-18-17(16)11-24-26(18)2)28-21(23(27)31)22(30)20(29)12-25-28/h3-12,14,19,30H,13H2,1-2H3/t14-,19-/m0/s1. The lowest BCUT2D eigenvalue weighted by atomic mass is 9.97. The molecule has 0 unspecified atom stereocenters. The Morgan fingerprint density at radius 1 is 1.03 bits per heavy atom. The Balaban J connectivity index is 1.71. The summed E-state index contributed by atoms with van der Waals surface area (Å²) in [6.45, 7) is 2.28. The third kappa shape index (κ3) is 2.91. The first-order valence-corrected chi connectivity index (χ1v) is 10.0. The van der Waals surface area contributed by atoms with Gasteiger partial charge in [-0.1, -0.05) is 42.5 Å². The van der Waals surface area contributed by atoms with Crippen molar-refractivity contribution in [1.82, 2.24) is 24.5 Å². The first-order chi connectivity index (χ1) is 15.0. The number of carbonyl (C=O) groups is 1. The zero-order valence-corrected chi connectivity index (χ0v) is 17.1. The van der Waals surface area contributed by atoms with Crippen molar-refractivity contribution in [3.8, 4) is 5.75 Å². The summed E-state index contributed by atoms with van der Waals surface area (Å²) in [6, 6.07) is 14.9. The second-order valence-corrected chi connectivity index (χ2v) is 7.76. The molecule has 3 heterocycles. The lowest BCUT2D eigenvalue weighted by Gasteiger charge is -2.39. The molecule has 1 aliphatic heterocycles. The van der Waals surface area contributed by atoms with Crippen LogP contribution in [0, 0.1) is 0 Å². The van der Waals surface area contributed by atoms with Crippen LogP contribution >= 0.6 is 0 Å². The second kappa shape index (κ2) is 7.09. The second-order valence-electron chi connectivity index (χ2n) is 7.76. The van der Waals surface area contributed by atoms with Gasteiger partial charge in [0.1, 0.15) is 0 Å². The van der Waals surface area contributed by atoms with Gasteiger partial charge in [-0.15, -0.1) is 0 Å². The van der Waals surface area contributed by atoms with Gasteiger partial charge in [-0.3, -0.25) is 14.3 Å². The van der Waals surface area contributed by atoms with Crippen molar-refractivity contribution in [2.75, 3.05) is 6.54 Å². The minimum atomic E-state index is -0.674. The molecule has 0 spiro atoms. The predicted molar refractivity (Wildman–Crippen MR) is 115 cm³/mol. The van der Waals surface area contributed by atoms with Crippen molar-refractivity contribution in [2.24, 2.45) is 7.05 Å². The summed E-state index contributed by atoms with van der Waals surface area (Å²) in [5.74, 6) is -0.998. The number of aromatic nitrogens is 4. The fourth-order valence-electron chi connectivity index (χ4n) is 4.34. The molecule has 156 valence electrons. The molecule has 2 aromatic heterocycles. The van der Waals surface area contributed by atoms with Crippen molar-refractivity contribution in [2.45, 2.75) is 19.0 Å². The van der Waals surface area contributed by atoms with Crippen LogP contribution in [0.5, 0.6) is 5.75 Å². The van der Waals surface area contributed by atoms with Crippen molar-refractivity contribution < 1.29 is 9.90 Å². The Morgan fingerprint density at radius 3 is 2.58 bits per heavy atom. The van der Waals surface area contributed by atoms with Gasteiger partial charge in [-0.05, 0) is 24.1 Å². The number of rotatable bonds is 3. The quantitative estimate of drug-likeness (QED) is 0.555. The predicted octanol–water partition coefficient (Wildman–Crippen LogP) is 2.64. The molecule has 8 nitrogen and oxygen atoms in total. The van der Waals surface area contributed by atoms with Gasteiger partial charge in [0.05, 0.1) is 30.0 Å². The van der Waals surface area contributed by atoms with Gasteiger partial charge in [-0.25, -0.2) is 4.68 Å². The topological polar surface area (TPSA) is 93.2 Å². The minimum Gasteiger partial charge on any atom is -0.502 e. The molecule has 1 N–H and O–H groups in total. The summed E-state index contributed by atoms with van der Waals surface area (Å²) in [7, 11) is 1.87. The molecule has 1 amide bonds. The first kappa shape index (κ1) is 19.0. The number of hydrogen-bond donors (Lipinski definition) is 1. The van der Waals surface area contributed by atoms with E-state index in [1.807, 2.05) is 62.5 Å². The number of amides is 1. The highest BCUT2D eigenvalue weighted by atomic mass is 16.3. The fraction of sp³-hybridized carbons (Fsp3) is 0.217. The van der Waals surface area contributed by atoms with Gasteiger partial charge >= 0.3 is 0 Å². The van der Waals surface area contributed by atoms with E-state index in [0.29, 0.717) is 6.54 Å². The van der Waals surface area contributed by atoms with E-state index < -0.39 is 23.1 Å². The van der Waals surface area contributed by atoms with E-state index in [4.69, 9.17) is 0 Å². The molecule has 0 saturated heterocycles. The van der Waals surface area contributed by atoms with Crippen LogP contribution in [0.1, 0.15) is 40.6 Å². The molecular formula is C23H21N5O3. The highest BCUT2D eigenvalue weighted by Crippen LogP contribution is 2.36. The maximum atomic E-state index is 13.4. The lowest BCUT2D eigenvalue weighted by molar-refractivity contribution is 0.0587. The maximum Gasteiger partial charge on any atom is 0.276 e. The third-order valence-corrected chi connectivity index (χ3v) is 6.05.